The van der Waals surface area contributed by atoms with E-state index < -0.39 is 0 Å². The summed E-state index contributed by atoms with van der Waals surface area (Å²) in [6.45, 7) is 1.09. The van der Waals surface area contributed by atoms with Crippen LogP contribution in [0.15, 0.2) is 5.10 Å². The molecule has 2 heteroatoms. The van der Waals surface area contributed by atoms with Gasteiger partial charge in [-0.05, 0) is 25.7 Å². The zero-order valence-electron chi connectivity index (χ0n) is 6.27. The molecule has 1 unspecified atom stereocenters. The van der Waals surface area contributed by atoms with Crippen molar-refractivity contribution in [1.29, 1.82) is 0 Å². The summed E-state index contributed by atoms with van der Waals surface area (Å²) >= 11 is 0. The topological polar surface area (TPSA) is 24.4 Å². The molecule has 0 bridgehead atoms. The van der Waals surface area contributed by atoms with Gasteiger partial charge in [0.15, 0.2) is 0 Å². The van der Waals surface area contributed by atoms with Crippen LogP contribution in [-0.4, -0.2) is 12.3 Å². The van der Waals surface area contributed by atoms with Crippen LogP contribution < -0.4 is 5.43 Å². The summed E-state index contributed by atoms with van der Waals surface area (Å²) in [4.78, 5) is 0. The van der Waals surface area contributed by atoms with Gasteiger partial charge in [-0.3, -0.25) is 0 Å². The number of hydrazone groups is 1. The van der Waals surface area contributed by atoms with E-state index in [-0.39, 0.29) is 0 Å². The van der Waals surface area contributed by atoms with Gasteiger partial charge in [-0.1, -0.05) is 6.42 Å². The fourth-order valence-electron chi connectivity index (χ4n) is 1.92. The van der Waals surface area contributed by atoms with Crippen molar-refractivity contribution in [3.05, 3.63) is 0 Å². The van der Waals surface area contributed by atoms with Crippen LogP contribution in [0.3, 0.4) is 0 Å². The molecule has 0 radical (unpaired) electrons. The first kappa shape index (κ1) is 6.20. The Hall–Kier alpha value is -0.530. The first-order valence-electron chi connectivity index (χ1n) is 4.26. The minimum absolute atomic E-state index is 0.843. The highest BCUT2D eigenvalue weighted by Crippen LogP contribution is 2.25. The van der Waals surface area contributed by atoms with Gasteiger partial charge in [0.1, 0.15) is 0 Å². The smallest absolute Gasteiger partial charge is 0.0409 e. The Kier molecular flexibility index (Phi) is 1.61. The molecule has 2 aliphatic rings. The highest BCUT2D eigenvalue weighted by Gasteiger charge is 2.21. The summed E-state index contributed by atoms with van der Waals surface area (Å²) in [7, 11) is 0. The maximum Gasteiger partial charge on any atom is 0.0409 e. The summed E-state index contributed by atoms with van der Waals surface area (Å²) in [5.41, 5.74) is 4.51. The highest BCUT2D eigenvalue weighted by atomic mass is 15.3. The number of rotatable bonds is 0. The lowest BCUT2D eigenvalue weighted by atomic mass is 9.84. The van der Waals surface area contributed by atoms with Crippen LogP contribution in [0, 0.1) is 5.92 Å². The average molecular weight is 138 g/mol. The Balaban J connectivity index is 2.08. The molecular weight excluding hydrogens is 124 g/mol. The lowest BCUT2D eigenvalue weighted by Crippen LogP contribution is -2.30. The Morgan fingerprint density at radius 3 is 3.20 bits per heavy atom. The molecule has 0 saturated heterocycles. The standard InChI is InChI=1S/C8H14N2/c1-2-4-8-7(3-1)5-6-9-10-8/h7,9H,1-6H2. The minimum Gasteiger partial charge on any atom is -0.310 e. The van der Waals surface area contributed by atoms with E-state index in [1.165, 1.54) is 37.8 Å². The number of fused-ring (bicyclic) bond motifs is 1. The summed E-state index contributed by atoms with van der Waals surface area (Å²) in [6, 6.07) is 0. The molecule has 0 aromatic heterocycles. The van der Waals surface area contributed by atoms with Crippen molar-refractivity contribution in [1.82, 2.24) is 5.43 Å². The highest BCUT2D eigenvalue weighted by molar-refractivity contribution is 5.87. The van der Waals surface area contributed by atoms with E-state index in [0.29, 0.717) is 0 Å². The van der Waals surface area contributed by atoms with Crippen molar-refractivity contribution in [2.45, 2.75) is 32.1 Å². The Morgan fingerprint density at radius 2 is 2.30 bits per heavy atom. The Morgan fingerprint density at radius 1 is 1.30 bits per heavy atom. The largest absolute Gasteiger partial charge is 0.310 e. The first-order chi connectivity index (χ1) is 4.97. The summed E-state index contributed by atoms with van der Waals surface area (Å²) < 4.78 is 0. The number of hydrogen-bond acceptors (Lipinski definition) is 2. The van der Waals surface area contributed by atoms with Gasteiger partial charge in [-0.2, -0.15) is 5.10 Å². The molecule has 10 heavy (non-hydrogen) atoms. The van der Waals surface area contributed by atoms with Gasteiger partial charge in [-0.15, -0.1) is 0 Å². The Labute approximate surface area is 61.7 Å². The van der Waals surface area contributed by atoms with Crippen molar-refractivity contribution in [3.8, 4) is 0 Å². The van der Waals surface area contributed by atoms with Gasteiger partial charge in [0.25, 0.3) is 0 Å². The minimum atomic E-state index is 0.843. The van der Waals surface area contributed by atoms with Crippen LogP contribution in [0.25, 0.3) is 0 Å². The summed E-state index contributed by atoms with van der Waals surface area (Å²) in [6.07, 6.45) is 6.73. The molecule has 2 nitrogen and oxygen atoms in total. The molecule has 0 aromatic carbocycles. The van der Waals surface area contributed by atoms with Crippen molar-refractivity contribution >= 4 is 5.71 Å². The van der Waals surface area contributed by atoms with E-state index in [9.17, 15) is 0 Å². The third kappa shape index (κ3) is 1.02. The number of hydrogen-bond donors (Lipinski definition) is 1. The van der Waals surface area contributed by atoms with Crippen molar-refractivity contribution in [2.24, 2.45) is 11.0 Å². The quantitative estimate of drug-likeness (QED) is 0.539. The van der Waals surface area contributed by atoms with Gasteiger partial charge in [0.2, 0.25) is 0 Å². The van der Waals surface area contributed by atoms with Crippen LogP contribution in [0.4, 0.5) is 0 Å². The molecule has 1 atom stereocenters. The van der Waals surface area contributed by atoms with Crippen LogP contribution >= 0.6 is 0 Å². The van der Waals surface area contributed by atoms with Gasteiger partial charge in [0, 0.05) is 18.2 Å². The first-order valence-corrected chi connectivity index (χ1v) is 4.26. The molecule has 0 amide bonds. The fraction of sp³-hybridized carbons (Fsp3) is 0.875. The summed E-state index contributed by atoms with van der Waals surface area (Å²) in [5, 5.41) is 4.32. The molecule has 1 aliphatic heterocycles. The molecule has 2 rings (SSSR count). The van der Waals surface area contributed by atoms with E-state index in [2.05, 4.69) is 10.5 Å². The van der Waals surface area contributed by atoms with E-state index >= 15 is 0 Å². The normalized spacial score (nSPS) is 32.0. The van der Waals surface area contributed by atoms with Crippen molar-refractivity contribution in [2.75, 3.05) is 6.54 Å². The van der Waals surface area contributed by atoms with Crippen LogP contribution in [0.2, 0.25) is 0 Å². The molecule has 1 heterocycles. The molecule has 1 N–H and O–H groups in total. The van der Waals surface area contributed by atoms with Crippen LogP contribution in [0.5, 0.6) is 0 Å². The SMILES string of the molecule is C1CCC2CCNN=C2C1. The van der Waals surface area contributed by atoms with Crippen LogP contribution in [-0.2, 0) is 0 Å². The molecule has 56 valence electrons. The van der Waals surface area contributed by atoms with Gasteiger partial charge < -0.3 is 5.43 Å². The van der Waals surface area contributed by atoms with Gasteiger partial charge in [0.05, 0.1) is 0 Å². The molecular formula is C8H14N2. The molecule has 0 aromatic rings. The zero-order valence-corrected chi connectivity index (χ0v) is 6.27. The maximum absolute atomic E-state index is 4.32. The van der Waals surface area contributed by atoms with Crippen molar-refractivity contribution in [3.63, 3.8) is 0 Å². The third-order valence-electron chi connectivity index (χ3n) is 2.53. The second-order valence-electron chi connectivity index (χ2n) is 3.24. The molecule has 1 saturated carbocycles. The summed E-state index contributed by atoms with van der Waals surface area (Å²) in [5.74, 6) is 0.843. The Bertz CT molecular complexity index is 151. The molecule has 1 fully saturated rings. The molecule has 1 aliphatic carbocycles. The van der Waals surface area contributed by atoms with E-state index in [1.54, 1.807) is 0 Å². The third-order valence-corrected chi connectivity index (χ3v) is 2.53. The zero-order chi connectivity index (χ0) is 6.81. The van der Waals surface area contributed by atoms with Gasteiger partial charge >= 0.3 is 0 Å². The average Bonchev–Trinajstić information content (AvgIpc) is 2.05. The van der Waals surface area contributed by atoms with E-state index in [0.717, 1.165) is 12.5 Å². The van der Waals surface area contributed by atoms with Crippen LogP contribution in [0.1, 0.15) is 32.1 Å². The molecule has 0 spiro atoms. The predicted octanol–water partition coefficient (Wildman–Crippen LogP) is 1.53. The maximum atomic E-state index is 4.32. The second kappa shape index (κ2) is 2.60. The number of nitrogens with zero attached hydrogens (tertiary/aromatic N) is 1. The number of nitrogens with one attached hydrogen (secondary N) is 1. The van der Waals surface area contributed by atoms with E-state index in [4.69, 9.17) is 0 Å². The van der Waals surface area contributed by atoms with Gasteiger partial charge in [-0.25, -0.2) is 0 Å². The second-order valence-corrected chi connectivity index (χ2v) is 3.24. The monoisotopic (exact) mass is 138 g/mol. The van der Waals surface area contributed by atoms with Crippen molar-refractivity contribution < 1.29 is 0 Å². The van der Waals surface area contributed by atoms with E-state index in [1.807, 2.05) is 0 Å². The fourth-order valence-corrected chi connectivity index (χ4v) is 1.92. The lowest BCUT2D eigenvalue weighted by Gasteiger charge is -2.27. The lowest BCUT2D eigenvalue weighted by molar-refractivity contribution is 0.453. The predicted molar refractivity (Wildman–Crippen MR) is 42.0 cm³/mol.